The second-order valence-electron chi connectivity index (χ2n) is 4.38. The lowest BCUT2D eigenvalue weighted by Crippen LogP contribution is -2.03. The summed E-state index contributed by atoms with van der Waals surface area (Å²) in [6.45, 7) is 5.31. The number of nitrogens with zero attached hydrogens (tertiary/aromatic N) is 1. The van der Waals surface area contributed by atoms with E-state index >= 15 is 0 Å². The molecule has 0 aliphatic carbocycles. The van der Waals surface area contributed by atoms with E-state index in [0.717, 1.165) is 22.9 Å². The zero-order valence-corrected chi connectivity index (χ0v) is 11.6. The molecular formula is C14H18N2OS. The largest absolute Gasteiger partial charge is 0.486 e. The van der Waals surface area contributed by atoms with Crippen LogP contribution in [0, 0.1) is 13.8 Å². The van der Waals surface area contributed by atoms with E-state index in [2.05, 4.69) is 24.9 Å². The predicted octanol–water partition coefficient (Wildman–Crippen LogP) is 2.84. The van der Waals surface area contributed by atoms with Crippen molar-refractivity contribution >= 4 is 11.3 Å². The summed E-state index contributed by atoms with van der Waals surface area (Å²) in [4.78, 5) is 4.47. The lowest BCUT2D eigenvalue weighted by Gasteiger charge is -2.06. The number of benzene rings is 1. The van der Waals surface area contributed by atoms with Gasteiger partial charge in [-0.2, -0.15) is 0 Å². The van der Waals surface area contributed by atoms with Crippen molar-refractivity contribution in [3.8, 4) is 5.75 Å². The number of nitrogens with two attached hydrogens (primary N) is 1. The fourth-order valence-electron chi connectivity index (χ4n) is 1.84. The van der Waals surface area contributed by atoms with E-state index in [0.29, 0.717) is 13.2 Å². The van der Waals surface area contributed by atoms with E-state index in [-0.39, 0.29) is 0 Å². The third kappa shape index (κ3) is 3.55. The van der Waals surface area contributed by atoms with Crippen molar-refractivity contribution in [2.75, 3.05) is 6.54 Å². The molecular weight excluding hydrogens is 244 g/mol. The molecule has 1 heterocycles. The summed E-state index contributed by atoms with van der Waals surface area (Å²) in [5.74, 6) is 0.906. The fraction of sp³-hybridized carbons (Fsp3) is 0.357. The molecule has 0 atom stereocenters. The van der Waals surface area contributed by atoms with Gasteiger partial charge in [-0.3, -0.25) is 0 Å². The molecule has 18 heavy (non-hydrogen) atoms. The van der Waals surface area contributed by atoms with Crippen LogP contribution in [0.3, 0.4) is 0 Å². The van der Waals surface area contributed by atoms with Gasteiger partial charge in [0, 0.05) is 11.8 Å². The quantitative estimate of drug-likeness (QED) is 0.901. The maximum atomic E-state index is 5.76. The van der Waals surface area contributed by atoms with Gasteiger partial charge in [-0.05, 0) is 43.7 Å². The normalized spacial score (nSPS) is 10.6. The smallest absolute Gasteiger partial charge is 0.140 e. The number of rotatable bonds is 5. The first-order valence-corrected chi connectivity index (χ1v) is 6.90. The van der Waals surface area contributed by atoms with Gasteiger partial charge >= 0.3 is 0 Å². The van der Waals surface area contributed by atoms with Gasteiger partial charge < -0.3 is 10.5 Å². The second kappa shape index (κ2) is 5.98. The van der Waals surface area contributed by atoms with Crippen LogP contribution >= 0.6 is 11.3 Å². The SMILES string of the molecule is Cc1cc(C)cc(OCc2nc(CCN)cs2)c1. The molecule has 2 aromatic rings. The van der Waals surface area contributed by atoms with Gasteiger partial charge in [-0.1, -0.05) is 6.07 Å². The van der Waals surface area contributed by atoms with Crippen LogP contribution in [0.15, 0.2) is 23.6 Å². The van der Waals surface area contributed by atoms with E-state index in [1.165, 1.54) is 11.1 Å². The molecule has 0 aliphatic heterocycles. The number of thiazole rings is 1. The summed E-state index contributed by atoms with van der Waals surface area (Å²) >= 11 is 1.63. The summed E-state index contributed by atoms with van der Waals surface area (Å²) in [6, 6.07) is 6.22. The first-order valence-electron chi connectivity index (χ1n) is 6.02. The Bertz CT molecular complexity index is 502. The third-order valence-corrected chi connectivity index (χ3v) is 3.43. The van der Waals surface area contributed by atoms with Crippen LogP contribution in [0.2, 0.25) is 0 Å². The summed E-state index contributed by atoms with van der Waals surface area (Å²) in [5.41, 5.74) is 8.99. The van der Waals surface area contributed by atoms with Crippen molar-refractivity contribution in [3.63, 3.8) is 0 Å². The highest BCUT2D eigenvalue weighted by molar-refractivity contribution is 7.09. The first-order chi connectivity index (χ1) is 8.67. The van der Waals surface area contributed by atoms with Gasteiger partial charge in [-0.25, -0.2) is 4.98 Å². The van der Waals surface area contributed by atoms with Crippen LogP contribution in [0.4, 0.5) is 0 Å². The van der Waals surface area contributed by atoms with Gasteiger partial charge in [0.2, 0.25) is 0 Å². The van der Waals surface area contributed by atoms with Gasteiger partial charge in [0.15, 0.2) is 0 Å². The van der Waals surface area contributed by atoms with Crippen molar-refractivity contribution in [1.29, 1.82) is 0 Å². The molecule has 0 amide bonds. The number of ether oxygens (including phenoxy) is 1. The zero-order valence-electron chi connectivity index (χ0n) is 10.8. The van der Waals surface area contributed by atoms with Crippen molar-refractivity contribution in [3.05, 3.63) is 45.4 Å². The average molecular weight is 262 g/mol. The Hall–Kier alpha value is -1.39. The molecule has 0 bridgehead atoms. The maximum absolute atomic E-state index is 5.76. The Kier molecular flexibility index (Phi) is 4.33. The molecule has 1 aromatic heterocycles. The Balaban J connectivity index is 1.97. The molecule has 2 rings (SSSR count). The van der Waals surface area contributed by atoms with Crippen LogP contribution in [-0.2, 0) is 13.0 Å². The highest BCUT2D eigenvalue weighted by atomic mass is 32.1. The van der Waals surface area contributed by atoms with Crippen molar-refractivity contribution in [2.45, 2.75) is 26.9 Å². The van der Waals surface area contributed by atoms with Crippen LogP contribution in [0.5, 0.6) is 5.75 Å². The monoisotopic (exact) mass is 262 g/mol. The number of aromatic nitrogens is 1. The van der Waals surface area contributed by atoms with E-state index in [4.69, 9.17) is 10.5 Å². The fourth-order valence-corrected chi connectivity index (χ4v) is 2.58. The lowest BCUT2D eigenvalue weighted by atomic mass is 10.1. The molecule has 0 fully saturated rings. The first kappa shape index (κ1) is 13.1. The van der Waals surface area contributed by atoms with Crippen LogP contribution < -0.4 is 10.5 Å². The van der Waals surface area contributed by atoms with Gasteiger partial charge in [0.25, 0.3) is 0 Å². The summed E-state index contributed by atoms with van der Waals surface area (Å²) < 4.78 is 5.76. The Morgan fingerprint density at radius 2 is 1.94 bits per heavy atom. The average Bonchev–Trinajstić information content (AvgIpc) is 2.74. The Morgan fingerprint density at radius 3 is 2.61 bits per heavy atom. The van der Waals surface area contributed by atoms with E-state index < -0.39 is 0 Å². The summed E-state index contributed by atoms with van der Waals surface area (Å²) in [5, 5.41) is 3.05. The van der Waals surface area contributed by atoms with Gasteiger partial charge in [0.1, 0.15) is 17.4 Å². The minimum Gasteiger partial charge on any atom is -0.486 e. The molecule has 0 radical (unpaired) electrons. The number of hydrogen-bond acceptors (Lipinski definition) is 4. The van der Waals surface area contributed by atoms with E-state index in [9.17, 15) is 0 Å². The molecule has 0 spiro atoms. The molecule has 0 saturated carbocycles. The van der Waals surface area contributed by atoms with Crippen LogP contribution in [0.1, 0.15) is 21.8 Å². The van der Waals surface area contributed by atoms with Crippen molar-refractivity contribution in [2.24, 2.45) is 5.73 Å². The number of aryl methyl sites for hydroxylation is 2. The van der Waals surface area contributed by atoms with Gasteiger partial charge in [0.05, 0.1) is 5.69 Å². The predicted molar refractivity (Wildman–Crippen MR) is 75.1 cm³/mol. The highest BCUT2D eigenvalue weighted by Crippen LogP contribution is 2.19. The Labute approximate surface area is 112 Å². The van der Waals surface area contributed by atoms with Crippen molar-refractivity contribution in [1.82, 2.24) is 4.98 Å². The minimum atomic E-state index is 0.526. The van der Waals surface area contributed by atoms with E-state index in [1.807, 2.05) is 17.5 Å². The maximum Gasteiger partial charge on any atom is 0.140 e. The molecule has 0 saturated heterocycles. The standard InChI is InChI=1S/C14H18N2OS/c1-10-5-11(2)7-13(6-10)17-8-14-16-12(3-4-15)9-18-14/h5-7,9H,3-4,8,15H2,1-2H3. The van der Waals surface area contributed by atoms with Crippen LogP contribution in [-0.4, -0.2) is 11.5 Å². The van der Waals surface area contributed by atoms with Crippen LogP contribution in [0.25, 0.3) is 0 Å². The molecule has 2 N–H and O–H groups in total. The second-order valence-corrected chi connectivity index (χ2v) is 5.33. The zero-order chi connectivity index (χ0) is 13.0. The Morgan fingerprint density at radius 1 is 1.22 bits per heavy atom. The van der Waals surface area contributed by atoms with Crippen molar-refractivity contribution < 1.29 is 4.74 Å². The van der Waals surface area contributed by atoms with E-state index in [1.54, 1.807) is 11.3 Å². The number of hydrogen-bond donors (Lipinski definition) is 1. The topological polar surface area (TPSA) is 48.1 Å². The lowest BCUT2D eigenvalue weighted by molar-refractivity contribution is 0.305. The highest BCUT2D eigenvalue weighted by Gasteiger charge is 2.03. The molecule has 0 aliphatic rings. The molecule has 96 valence electrons. The molecule has 0 unspecified atom stereocenters. The summed E-state index contributed by atoms with van der Waals surface area (Å²) in [6.07, 6.45) is 0.833. The minimum absolute atomic E-state index is 0.526. The summed E-state index contributed by atoms with van der Waals surface area (Å²) in [7, 11) is 0. The molecule has 4 heteroatoms. The third-order valence-electron chi connectivity index (χ3n) is 2.56. The molecule has 3 nitrogen and oxygen atoms in total. The van der Waals surface area contributed by atoms with Gasteiger partial charge in [-0.15, -0.1) is 11.3 Å². The molecule has 1 aromatic carbocycles.